The van der Waals surface area contributed by atoms with Gasteiger partial charge in [-0.15, -0.1) is 0 Å². The first-order chi connectivity index (χ1) is 14.5. The number of carbonyl (C=O) groups is 2. The summed E-state index contributed by atoms with van der Waals surface area (Å²) in [6, 6.07) is 16.1. The summed E-state index contributed by atoms with van der Waals surface area (Å²) >= 11 is 10.8. The Labute approximate surface area is 189 Å². The van der Waals surface area contributed by atoms with Crippen LogP contribution in [-0.2, 0) is 9.53 Å². The van der Waals surface area contributed by atoms with Gasteiger partial charge in [-0.2, -0.15) is 0 Å². The first kappa shape index (κ1) is 20.5. The summed E-state index contributed by atoms with van der Waals surface area (Å²) in [5, 5.41) is 4.15. The van der Waals surface area contributed by atoms with Crippen molar-refractivity contribution in [2.75, 3.05) is 11.9 Å². The molecule has 0 unspecified atom stereocenters. The predicted octanol–water partition coefficient (Wildman–Crippen LogP) is 5.57. The molecular formula is C21H13BrClN3O3S. The number of rotatable bonds is 5. The van der Waals surface area contributed by atoms with Crippen molar-refractivity contribution in [3.63, 3.8) is 0 Å². The van der Waals surface area contributed by atoms with Gasteiger partial charge in [0.1, 0.15) is 0 Å². The number of nitrogens with one attached hydrogen (secondary N) is 1. The first-order valence-electron chi connectivity index (χ1n) is 8.74. The van der Waals surface area contributed by atoms with E-state index >= 15 is 0 Å². The standard InChI is InChI=1S/C21H13BrClN3O3S/c22-18-10-24-21(30-18)26-19(27)11-29-20(28)14-9-17(13-6-1-3-7-15(13)23)25-16-8-4-2-5-12(14)16/h1-10H,11H2,(H,24,26,27). The largest absolute Gasteiger partial charge is 0.452 e. The number of pyridine rings is 1. The average Bonchev–Trinajstić information content (AvgIpc) is 3.16. The molecule has 0 saturated heterocycles. The Hall–Kier alpha value is -2.81. The van der Waals surface area contributed by atoms with Crippen LogP contribution in [0.2, 0.25) is 5.02 Å². The lowest BCUT2D eigenvalue weighted by molar-refractivity contribution is -0.119. The third kappa shape index (κ3) is 4.51. The molecule has 9 heteroatoms. The maximum atomic E-state index is 12.8. The normalized spacial score (nSPS) is 10.7. The van der Waals surface area contributed by atoms with Crippen LogP contribution < -0.4 is 5.32 Å². The summed E-state index contributed by atoms with van der Waals surface area (Å²) in [6.45, 7) is -0.436. The second kappa shape index (κ2) is 8.91. The molecule has 2 heterocycles. The van der Waals surface area contributed by atoms with Crippen molar-refractivity contribution in [3.8, 4) is 11.3 Å². The van der Waals surface area contributed by atoms with Crippen LogP contribution in [0.15, 0.2) is 64.6 Å². The van der Waals surface area contributed by atoms with Crippen LogP contribution in [0, 0.1) is 0 Å². The van der Waals surface area contributed by atoms with E-state index in [1.165, 1.54) is 11.3 Å². The molecule has 4 rings (SSSR count). The van der Waals surface area contributed by atoms with Gasteiger partial charge in [0.25, 0.3) is 5.91 Å². The van der Waals surface area contributed by atoms with E-state index in [2.05, 4.69) is 31.2 Å². The molecule has 1 amide bonds. The number of hydrogen-bond donors (Lipinski definition) is 1. The van der Waals surface area contributed by atoms with Crippen molar-refractivity contribution in [2.45, 2.75) is 0 Å². The van der Waals surface area contributed by atoms with Gasteiger partial charge in [-0.1, -0.05) is 59.3 Å². The summed E-state index contributed by atoms with van der Waals surface area (Å²) in [6.07, 6.45) is 1.58. The van der Waals surface area contributed by atoms with Gasteiger partial charge < -0.3 is 4.74 Å². The van der Waals surface area contributed by atoms with Crippen LogP contribution >= 0.6 is 38.9 Å². The Kier molecular flexibility index (Phi) is 6.08. The quantitative estimate of drug-likeness (QED) is 0.361. The molecule has 0 fully saturated rings. The number of ether oxygens (including phenoxy) is 1. The molecule has 6 nitrogen and oxygen atoms in total. The fourth-order valence-electron chi connectivity index (χ4n) is 2.83. The van der Waals surface area contributed by atoms with Crippen LogP contribution in [-0.4, -0.2) is 28.5 Å². The van der Waals surface area contributed by atoms with Gasteiger partial charge in [-0.3, -0.25) is 10.1 Å². The Bertz CT molecular complexity index is 1260. The van der Waals surface area contributed by atoms with E-state index in [0.717, 1.165) is 3.79 Å². The molecule has 1 N–H and O–H groups in total. The van der Waals surface area contributed by atoms with Crippen LogP contribution in [0.5, 0.6) is 0 Å². The van der Waals surface area contributed by atoms with E-state index in [1.54, 1.807) is 30.5 Å². The molecule has 0 spiro atoms. The smallest absolute Gasteiger partial charge is 0.339 e. The van der Waals surface area contributed by atoms with Crippen LogP contribution in [0.4, 0.5) is 5.13 Å². The molecule has 0 atom stereocenters. The van der Waals surface area contributed by atoms with Gasteiger partial charge >= 0.3 is 5.97 Å². The molecule has 0 bridgehead atoms. The number of amides is 1. The van der Waals surface area contributed by atoms with Crippen molar-refractivity contribution < 1.29 is 14.3 Å². The summed E-state index contributed by atoms with van der Waals surface area (Å²) in [5.74, 6) is -1.10. The number of nitrogens with zero attached hydrogens (tertiary/aromatic N) is 2. The van der Waals surface area contributed by atoms with Gasteiger partial charge in [-0.25, -0.2) is 14.8 Å². The molecular weight excluding hydrogens is 490 g/mol. The molecule has 0 aliphatic rings. The zero-order chi connectivity index (χ0) is 21.1. The second-order valence-electron chi connectivity index (χ2n) is 6.15. The minimum atomic E-state index is -0.627. The van der Waals surface area contributed by atoms with E-state index in [9.17, 15) is 9.59 Å². The Balaban J connectivity index is 1.60. The van der Waals surface area contributed by atoms with Crippen LogP contribution in [0.3, 0.4) is 0 Å². The zero-order valence-electron chi connectivity index (χ0n) is 15.3. The maximum Gasteiger partial charge on any atom is 0.339 e. The first-order valence-corrected chi connectivity index (χ1v) is 10.7. The molecule has 150 valence electrons. The average molecular weight is 503 g/mol. The van der Waals surface area contributed by atoms with Crippen molar-refractivity contribution in [1.82, 2.24) is 9.97 Å². The Morgan fingerprint density at radius 1 is 1.13 bits per heavy atom. The zero-order valence-corrected chi connectivity index (χ0v) is 18.4. The Morgan fingerprint density at radius 2 is 1.90 bits per heavy atom. The van der Waals surface area contributed by atoms with Gasteiger partial charge in [0.05, 0.1) is 26.8 Å². The monoisotopic (exact) mass is 501 g/mol. The number of thiazole rings is 1. The molecule has 30 heavy (non-hydrogen) atoms. The molecule has 2 aromatic heterocycles. The molecule has 2 aromatic carbocycles. The van der Waals surface area contributed by atoms with E-state index < -0.39 is 18.5 Å². The molecule has 4 aromatic rings. The van der Waals surface area contributed by atoms with Gasteiger partial charge in [0.15, 0.2) is 11.7 Å². The van der Waals surface area contributed by atoms with Crippen molar-refractivity contribution >= 4 is 66.8 Å². The Morgan fingerprint density at radius 3 is 2.67 bits per heavy atom. The number of esters is 1. The van der Waals surface area contributed by atoms with Gasteiger partial charge in [0.2, 0.25) is 0 Å². The lowest BCUT2D eigenvalue weighted by atomic mass is 10.0. The highest BCUT2D eigenvalue weighted by Gasteiger charge is 2.17. The summed E-state index contributed by atoms with van der Waals surface area (Å²) in [5.41, 5.74) is 2.17. The van der Waals surface area contributed by atoms with Crippen molar-refractivity contribution in [1.29, 1.82) is 0 Å². The number of aromatic nitrogens is 2. The van der Waals surface area contributed by atoms with Crippen LogP contribution in [0.25, 0.3) is 22.2 Å². The van der Waals surface area contributed by atoms with Gasteiger partial charge in [-0.05, 0) is 34.1 Å². The van der Waals surface area contributed by atoms with E-state index in [1.807, 2.05) is 30.3 Å². The van der Waals surface area contributed by atoms with E-state index in [-0.39, 0.29) is 0 Å². The summed E-state index contributed by atoms with van der Waals surface area (Å²) < 4.78 is 6.03. The topological polar surface area (TPSA) is 81.2 Å². The second-order valence-corrected chi connectivity index (χ2v) is 8.96. The SMILES string of the molecule is O=C(COC(=O)c1cc(-c2ccccc2Cl)nc2ccccc12)Nc1ncc(Br)s1. The lowest BCUT2D eigenvalue weighted by Crippen LogP contribution is -2.21. The predicted molar refractivity (Wildman–Crippen MR) is 121 cm³/mol. The minimum Gasteiger partial charge on any atom is -0.452 e. The number of benzene rings is 2. The van der Waals surface area contributed by atoms with Crippen molar-refractivity contribution in [3.05, 3.63) is 75.2 Å². The number of hydrogen-bond acceptors (Lipinski definition) is 6. The fourth-order valence-corrected chi connectivity index (χ4v) is 4.18. The van der Waals surface area contributed by atoms with Crippen LogP contribution in [0.1, 0.15) is 10.4 Å². The van der Waals surface area contributed by atoms with E-state index in [4.69, 9.17) is 16.3 Å². The number of para-hydroxylation sites is 1. The maximum absolute atomic E-state index is 12.8. The third-order valence-corrected chi connectivity index (χ3v) is 5.87. The summed E-state index contributed by atoms with van der Waals surface area (Å²) in [7, 11) is 0. The molecule has 0 aliphatic carbocycles. The molecule has 0 aliphatic heterocycles. The minimum absolute atomic E-state index is 0.306. The highest BCUT2D eigenvalue weighted by atomic mass is 79.9. The summed E-state index contributed by atoms with van der Waals surface area (Å²) in [4.78, 5) is 33.5. The number of halogens is 2. The number of fused-ring (bicyclic) bond motifs is 1. The van der Waals surface area contributed by atoms with Crippen molar-refractivity contribution in [2.24, 2.45) is 0 Å². The third-order valence-electron chi connectivity index (χ3n) is 4.14. The number of carbonyl (C=O) groups excluding carboxylic acids is 2. The lowest BCUT2D eigenvalue weighted by Gasteiger charge is -2.11. The highest BCUT2D eigenvalue weighted by Crippen LogP contribution is 2.30. The number of anilines is 1. The molecule has 0 radical (unpaired) electrons. The fraction of sp³-hybridized carbons (Fsp3) is 0.0476. The molecule has 0 saturated carbocycles. The highest BCUT2D eigenvalue weighted by molar-refractivity contribution is 9.11. The van der Waals surface area contributed by atoms with Gasteiger partial charge in [0, 0.05) is 16.0 Å². The van der Waals surface area contributed by atoms with E-state index in [0.29, 0.717) is 37.9 Å².